The lowest BCUT2D eigenvalue weighted by Gasteiger charge is -2.06. The van der Waals surface area contributed by atoms with Crippen LogP contribution in [-0.4, -0.2) is 25.8 Å². The molecular formula is C16H13BrFN5O4. The predicted octanol–water partition coefficient (Wildman–Crippen LogP) is 3.60. The molecule has 3 aromatic rings. The average Bonchev–Trinajstić information content (AvgIpc) is 3.14. The smallest absolute Gasteiger partial charge is 0.361 e. The number of rotatable bonds is 5. The maximum atomic E-state index is 13.9. The van der Waals surface area contributed by atoms with Gasteiger partial charge in [-0.15, -0.1) is 0 Å². The average molecular weight is 438 g/mol. The molecule has 0 aliphatic rings. The minimum Gasteiger partial charge on any atom is -0.361 e. The number of nitrogens with zero attached hydrogens (tertiary/aromatic N) is 4. The quantitative estimate of drug-likeness (QED) is 0.481. The number of benzene rings is 1. The van der Waals surface area contributed by atoms with Crippen LogP contribution < -0.4 is 5.32 Å². The zero-order valence-corrected chi connectivity index (χ0v) is 15.8. The molecule has 0 saturated heterocycles. The van der Waals surface area contributed by atoms with Crippen molar-refractivity contribution in [3.8, 4) is 0 Å². The van der Waals surface area contributed by atoms with Crippen LogP contribution in [0.5, 0.6) is 0 Å². The maximum Gasteiger partial charge on any atom is 0.390 e. The fourth-order valence-corrected chi connectivity index (χ4v) is 2.75. The molecular weight excluding hydrogens is 425 g/mol. The first-order chi connectivity index (χ1) is 12.8. The summed E-state index contributed by atoms with van der Waals surface area (Å²) in [5, 5.41) is 20.9. The van der Waals surface area contributed by atoms with E-state index in [0.717, 1.165) is 0 Å². The Hall–Kier alpha value is -3.08. The van der Waals surface area contributed by atoms with Gasteiger partial charge in [0.2, 0.25) is 0 Å². The van der Waals surface area contributed by atoms with Gasteiger partial charge in [0, 0.05) is 4.47 Å². The minimum absolute atomic E-state index is 0.0132. The summed E-state index contributed by atoms with van der Waals surface area (Å²) in [7, 11) is 0. The van der Waals surface area contributed by atoms with Crippen molar-refractivity contribution >= 4 is 33.3 Å². The number of halogens is 2. The number of aryl methyl sites for hydroxylation is 2. The maximum absolute atomic E-state index is 13.9. The summed E-state index contributed by atoms with van der Waals surface area (Å²) in [6, 6.07) is 5.53. The highest BCUT2D eigenvalue weighted by molar-refractivity contribution is 9.10. The van der Waals surface area contributed by atoms with Gasteiger partial charge in [0.05, 0.1) is 34.7 Å². The highest BCUT2D eigenvalue weighted by Crippen LogP contribution is 2.22. The van der Waals surface area contributed by atoms with Crippen LogP contribution in [0.3, 0.4) is 0 Å². The second-order valence-corrected chi connectivity index (χ2v) is 6.62. The lowest BCUT2D eigenvalue weighted by atomic mass is 10.1. The Kier molecular flexibility index (Phi) is 5.04. The molecule has 0 saturated carbocycles. The van der Waals surface area contributed by atoms with Crippen LogP contribution in [0.15, 0.2) is 33.3 Å². The van der Waals surface area contributed by atoms with Crippen molar-refractivity contribution in [2.24, 2.45) is 0 Å². The molecule has 0 unspecified atom stereocenters. The molecule has 27 heavy (non-hydrogen) atoms. The Morgan fingerprint density at radius 1 is 1.41 bits per heavy atom. The Morgan fingerprint density at radius 3 is 2.78 bits per heavy atom. The molecule has 11 heteroatoms. The monoisotopic (exact) mass is 437 g/mol. The van der Waals surface area contributed by atoms with Gasteiger partial charge in [-0.25, -0.2) is 4.39 Å². The van der Waals surface area contributed by atoms with E-state index in [2.05, 4.69) is 31.5 Å². The van der Waals surface area contributed by atoms with Crippen molar-refractivity contribution in [1.82, 2.24) is 14.9 Å². The van der Waals surface area contributed by atoms with Crippen molar-refractivity contribution in [3.63, 3.8) is 0 Å². The summed E-state index contributed by atoms with van der Waals surface area (Å²) in [4.78, 5) is 22.8. The highest BCUT2D eigenvalue weighted by Gasteiger charge is 2.24. The first-order valence-electron chi connectivity index (χ1n) is 7.66. The number of carbonyl (C=O) groups excluding carboxylic acids is 1. The molecule has 0 atom stereocenters. The molecule has 0 aliphatic carbocycles. The molecule has 3 rings (SSSR count). The molecule has 0 fully saturated rings. The largest absolute Gasteiger partial charge is 0.390 e. The highest BCUT2D eigenvalue weighted by atomic mass is 79.9. The Morgan fingerprint density at radius 2 is 2.15 bits per heavy atom. The number of hydrogen-bond donors (Lipinski definition) is 1. The van der Waals surface area contributed by atoms with Crippen molar-refractivity contribution in [1.29, 1.82) is 0 Å². The third-order valence-corrected chi connectivity index (χ3v) is 4.34. The van der Waals surface area contributed by atoms with E-state index in [1.54, 1.807) is 19.9 Å². The molecule has 0 spiro atoms. The van der Waals surface area contributed by atoms with E-state index in [4.69, 9.17) is 4.52 Å². The number of amides is 1. The number of nitrogens with one attached hydrogen (secondary N) is 1. The van der Waals surface area contributed by atoms with Gasteiger partial charge < -0.3 is 20.0 Å². The minimum atomic E-state index is -0.664. The third-order valence-electron chi connectivity index (χ3n) is 3.84. The van der Waals surface area contributed by atoms with Crippen LogP contribution in [0, 0.1) is 29.8 Å². The summed E-state index contributed by atoms with van der Waals surface area (Å²) in [6.07, 6.45) is 0. The van der Waals surface area contributed by atoms with Gasteiger partial charge in [-0.3, -0.25) is 4.79 Å². The Bertz CT molecular complexity index is 1050. The van der Waals surface area contributed by atoms with Crippen LogP contribution in [0.2, 0.25) is 0 Å². The summed E-state index contributed by atoms with van der Waals surface area (Å²) >= 11 is 3.14. The molecule has 1 aromatic carbocycles. The van der Waals surface area contributed by atoms with E-state index in [-0.39, 0.29) is 23.7 Å². The lowest BCUT2D eigenvalue weighted by Crippen LogP contribution is -2.17. The van der Waals surface area contributed by atoms with Crippen LogP contribution in [0.1, 0.15) is 27.5 Å². The van der Waals surface area contributed by atoms with Gasteiger partial charge in [0.25, 0.3) is 5.91 Å². The normalized spacial score (nSPS) is 10.8. The first-order valence-corrected chi connectivity index (χ1v) is 8.46. The van der Waals surface area contributed by atoms with Crippen molar-refractivity contribution in [2.45, 2.75) is 20.4 Å². The number of aromatic nitrogens is 3. The number of carbonyl (C=O) groups is 1. The van der Waals surface area contributed by atoms with Crippen molar-refractivity contribution in [2.75, 3.05) is 5.32 Å². The van der Waals surface area contributed by atoms with E-state index >= 15 is 0 Å². The van der Waals surface area contributed by atoms with Crippen LogP contribution in [0.4, 0.5) is 15.9 Å². The van der Waals surface area contributed by atoms with Gasteiger partial charge in [0.1, 0.15) is 11.6 Å². The summed E-state index contributed by atoms with van der Waals surface area (Å²) < 4.78 is 20.9. The Balaban J connectivity index is 1.88. The van der Waals surface area contributed by atoms with Crippen LogP contribution in [-0.2, 0) is 6.54 Å². The van der Waals surface area contributed by atoms with Crippen molar-refractivity contribution < 1.29 is 18.6 Å². The molecule has 0 aliphatic heterocycles. The van der Waals surface area contributed by atoms with Crippen LogP contribution in [0.25, 0.3) is 0 Å². The summed E-state index contributed by atoms with van der Waals surface area (Å²) in [5.74, 6) is -1.22. The molecule has 0 radical (unpaired) electrons. The topological polar surface area (TPSA) is 116 Å². The third kappa shape index (κ3) is 3.87. The summed E-state index contributed by atoms with van der Waals surface area (Å²) in [6.45, 7) is 3.30. The van der Waals surface area contributed by atoms with Crippen molar-refractivity contribution in [3.05, 3.63) is 67.4 Å². The second kappa shape index (κ2) is 7.27. The fourth-order valence-electron chi connectivity index (χ4n) is 2.42. The van der Waals surface area contributed by atoms with Gasteiger partial charge in [0.15, 0.2) is 5.69 Å². The van der Waals surface area contributed by atoms with E-state index in [0.29, 0.717) is 21.5 Å². The molecule has 1 N–H and O–H groups in total. The second-order valence-electron chi connectivity index (χ2n) is 5.70. The van der Waals surface area contributed by atoms with E-state index in [1.165, 1.54) is 22.9 Å². The van der Waals surface area contributed by atoms with E-state index in [1.807, 2.05) is 0 Å². The predicted molar refractivity (Wildman–Crippen MR) is 96.0 cm³/mol. The fraction of sp³-hybridized carbons (Fsp3) is 0.188. The lowest BCUT2D eigenvalue weighted by molar-refractivity contribution is -0.389. The molecule has 1 amide bonds. The van der Waals surface area contributed by atoms with E-state index < -0.39 is 16.6 Å². The number of anilines is 1. The molecule has 0 bridgehead atoms. The van der Waals surface area contributed by atoms with Gasteiger partial charge in [-0.05, 0) is 37.0 Å². The SMILES string of the molecule is Cc1onc(C(=O)Nc2ccc(Br)cc2F)c1Cn1nc([N+](=O)[O-])cc1C. The van der Waals surface area contributed by atoms with E-state index in [9.17, 15) is 19.3 Å². The molecule has 9 nitrogen and oxygen atoms in total. The number of nitro groups is 1. The van der Waals surface area contributed by atoms with Gasteiger partial charge >= 0.3 is 5.82 Å². The van der Waals surface area contributed by atoms with Gasteiger partial charge in [-0.1, -0.05) is 21.1 Å². The zero-order chi connectivity index (χ0) is 19.7. The standard InChI is InChI=1S/C16H13BrFN5O4/c1-8-5-14(23(25)26)20-22(8)7-11-9(2)27-21-15(11)16(24)19-13-4-3-10(17)6-12(13)18/h3-6H,7H2,1-2H3,(H,19,24). The number of hydrogen-bond acceptors (Lipinski definition) is 6. The Labute approximate surface area is 160 Å². The molecule has 2 heterocycles. The van der Waals surface area contributed by atoms with Crippen LogP contribution >= 0.6 is 15.9 Å². The zero-order valence-electron chi connectivity index (χ0n) is 14.2. The summed E-state index contributed by atoms with van der Waals surface area (Å²) in [5.41, 5.74) is 0.867. The van der Waals surface area contributed by atoms with Gasteiger partial charge in [-0.2, -0.15) is 4.68 Å². The molecule has 140 valence electrons. The first kappa shape index (κ1) is 18.7. The molecule has 2 aromatic heterocycles.